The van der Waals surface area contributed by atoms with Crippen LogP contribution < -0.4 is 0 Å². The summed E-state index contributed by atoms with van der Waals surface area (Å²) >= 11 is 0. The zero-order chi connectivity index (χ0) is 12.3. The van der Waals surface area contributed by atoms with E-state index in [1.165, 1.54) is 6.08 Å². The molecule has 16 heavy (non-hydrogen) atoms. The predicted octanol–water partition coefficient (Wildman–Crippen LogP) is 1.30. The molecule has 88 valence electrons. The van der Waals surface area contributed by atoms with E-state index < -0.39 is 17.5 Å². The third-order valence-electron chi connectivity index (χ3n) is 2.86. The Morgan fingerprint density at radius 1 is 1.62 bits per heavy atom. The van der Waals surface area contributed by atoms with Gasteiger partial charge in [0, 0.05) is 6.42 Å². The normalized spacial score (nSPS) is 28.4. The number of carboxylic acid groups (broad SMARTS) is 1. The maximum absolute atomic E-state index is 11.3. The van der Waals surface area contributed by atoms with E-state index in [9.17, 15) is 19.8 Å². The molecular formula is C12H16O4. The Labute approximate surface area is 94.3 Å². The summed E-state index contributed by atoms with van der Waals surface area (Å²) in [6.07, 6.45) is 3.06. The number of aliphatic carboxylic acids is 1. The SMILES string of the molecule is CC(C)=CC[C@@]1(C(=O)O)C=C(C=O)C[C@@H]1O. The van der Waals surface area contributed by atoms with Crippen molar-refractivity contribution in [2.24, 2.45) is 5.41 Å². The van der Waals surface area contributed by atoms with Gasteiger partial charge in [0.15, 0.2) is 0 Å². The van der Waals surface area contributed by atoms with Gasteiger partial charge < -0.3 is 10.2 Å². The van der Waals surface area contributed by atoms with Gasteiger partial charge in [-0.15, -0.1) is 0 Å². The molecule has 0 unspecified atom stereocenters. The van der Waals surface area contributed by atoms with Crippen LogP contribution in [0.1, 0.15) is 26.7 Å². The van der Waals surface area contributed by atoms with Gasteiger partial charge in [0.2, 0.25) is 0 Å². The van der Waals surface area contributed by atoms with Crippen LogP contribution in [0.2, 0.25) is 0 Å². The number of carbonyl (C=O) groups excluding carboxylic acids is 1. The minimum Gasteiger partial charge on any atom is -0.481 e. The second kappa shape index (κ2) is 4.61. The number of carbonyl (C=O) groups is 2. The van der Waals surface area contributed by atoms with Crippen molar-refractivity contribution in [2.75, 3.05) is 0 Å². The first-order valence-electron chi connectivity index (χ1n) is 5.14. The van der Waals surface area contributed by atoms with E-state index in [0.29, 0.717) is 11.9 Å². The first kappa shape index (κ1) is 12.6. The number of allylic oxidation sites excluding steroid dienone is 2. The zero-order valence-corrected chi connectivity index (χ0v) is 9.43. The molecule has 4 nitrogen and oxygen atoms in total. The molecule has 0 aromatic heterocycles. The average Bonchev–Trinajstić information content (AvgIpc) is 2.53. The molecule has 0 radical (unpaired) electrons. The first-order valence-corrected chi connectivity index (χ1v) is 5.14. The summed E-state index contributed by atoms with van der Waals surface area (Å²) in [5, 5.41) is 19.0. The quantitative estimate of drug-likeness (QED) is 0.557. The van der Waals surface area contributed by atoms with Crippen molar-refractivity contribution >= 4 is 12.3 Å². The smallest absolute Gasteiger partial charge is 0.316 e. The molecule has 0 aromatic rings. The van der Waals surface area contributed by atoms with Crippen LogP contribution >= 0.6 is 0 Å². The number of aliphatic hydroxyl groups is 1. The highest BCUT2D eigenvalue weighted by Gasteiger charge is 2.47. The number of hydrogen-bond donors (Lipinski definition) is 2. The average molecular weight is 224 g/mol. The van der Waals surface area contributed by atoms with Crippen LogP contribution in [0.3, 0.4) is 0 Å². The van der Waals surface area contributed by atoms with E-state index >= 15 is 0 Å². The van der Waals surface area contributed by atoms with Crippen LogP contribution in [0.15, 0.2) is 23.3 Å². The highest BCUT2D eigenvalue weighted by molar-refractivity contribution is 5.84. The maximum Gasteiger partial charge on any atom is 0.316 e. The third kappa shape index (κ3) is 2.22. The number of aliphatic hydroxyl groups excluding tert-OH is 1. The van der Waals surface area contributed by atoms with Crippen LogP contribution in [0.5, 0.6) is 0 Å². The van der Waals surface area contributed by atoms with Crippen molar-refractivity contribution in [2.45, 2.75) is 32.8 Å². The lowest BCUT2D eigenvalue weighted by Crippen LogP contribution is -2.37. The second-order valence-corrected chi connectivity index (χ2v) is 4.39. The van der Waals surface area contributed by atoms with Crippen molar-refractivity contribution < 1.29 is 19.8 Å². The van der Waals surface area contributed by atoms with E-state index in [1.807, 2.05) is 13.8 Å². The molecule has 4 heteroatoms. The summed E-state index contributed by atoms with van der Waals surface area (Å²) in [4.78, 5) is 21.9. The molecule has 0 bridgehead atoms. The molecule has 0 saturated heterocycles. The Kier molecular flexibility index (Phi) is 3.65. The molecule has 0 aliphatic heterocycles. The summed E-state index contributed by atoms with van der Waals surface area (Å²) < 4.78 is 0. The lowest BCUT2D eigenvalue weighted by molar-refractivity contribution is -0.151. The van der Waals surface area contributed by atoms with Crippen molar-refractivity contribution in [3.8, 4) is 0 Å². The molecule has 2 N–H and O–H groups in total. The van der Waals surface area contributed by atoms with Crippen molar-refractivity contribution in [3.63, 3.8) is 0 Å². The molecule has 0 saturated carbocycles. The van der Waals surface area contributed by atoms with E-state index in [4.69, 9.17) is 0 Å². The maximum atomic E-state index is 11.3. The molecule has 0 aromatic carbocycles. The Hall–Kier alpha value is -1.42. The van der Waals surface area contributed by atoms with Crippen LogP contribution in [0.25, 0.3) is 0 Å². The lowest BCUT2D eigenvalue weighted by Gasteiger charge is -2.25. The highest BCUT2D eigenvalue weighted by atomic mass is 16.4. The molecule has 1 aliphatic rings. The standard InChI is InChI=1S/C12H16O4/c1-8(2)3-4-12(11(15)16)6-9(7-13)5-10(12)14/h3,6-7,10,14H,4-5H2,1-2H3,(H,15,16)/t10-,12+/m0/s1. The summed E-state index contributed by atoms with van der Waals surface area (Å²) in [6, 6.07) is 0. The topological polar surface area (TPSA) is 74.6 Å². The summed E-state index contributed by atoms with van der Waals surface area (Å²) in [7, 11) is 0. The van der Waals surface area contributed by atoms with E-state index in [2.05, 4.69) is 0 Å². The zero-order valence-electron chi connectivity index (χ0n) is 9.43. The van der Waals surface area contributed by atoms with Crippen LogP contribution in [-0.2, 0) is 9.59 Å². The Bertz CT molecular complexity index is 363. The first-order chi connectivity index (χ1) is 7.42. The van der Waals surface area contributed by atoms with E-state index in [1.54, 1.807) is 6.08 Å². The number of rotatable bonds is 4. The van der Waals surface area contributed by atoms with Crippen LogP contribution in [0.4, 0.5) is 0 Å². The Balaban J connectivity index is 3.06. The van der Waals surface area contributed by atoms with E-state index in [-0.39, 0.29) is 12.8 Å². The fourth-order valence-corrected chi connectivity index (χ4v) is 1.83. The van der Waals surface area contributed by atoms with Crippen molar-refractivity contribution in [1.82, 2.24) is 0 Å². The highest BCUT2D eigenvalue weighted by Crippen LogP contribution is 2.39. The monoisotopic (exact) mass is 224 g/mol. The summed E-state index contributed by atoms with van der Waals surface area (Å²) in [5.41, 5.74) is 0.00545. The molecule has 0 fully saturated rings. The molecule has 0 heterocycles. The fourth-order valence-electron chi connectivity index (χ4n) is 1.83. The van der Waals surface area contributed by atoms with E-state index in [0.717, 1.165) is 5.57 Å². The Morgan fingerprint density at radius 3 is 2.62 bits per heavy atom. The largest absolute Gasteiger partial charge is 0.481 e. The molecule has 0 spiro atoms. The van der Waals surface area contributed by atoms with Crippen molar-refractivity contribution in [1.29, 1.82) is 0 Å². The number of aldehydes is 1. The van der Waals surface area contributed by atoms with Gasteiger partial charge in [-0.2, -0.15) is 0 Å². The molecule has 1 rings (SSSR count). The van der Waals surface area contributed by atoms with Crippen LogP contribution in [0, 0.1) is 5.41 Å². The third-order valence-corrected chi connectivity index (χ3v) is 2.86. The van der Waals surface area contributed by atoms with Gasteiger partial charge in [-0.1, -0.05) is 17.7 Å². The number of hydrogen-bond acceptors (Lipinski definition) is 3. The summed E-state index contributed by atoms with van der Waals surface area (Å²) in [6.45, 7) is 3.72. The fraction of sp³-hybridized carbons (Fsp3) is 0.500. The molecule has 2 atom stereocenters. The van der Waals surface area contributed by atoms with Crippen molar-refractivity contribution in [3.05, 3.63) is 23.3 Å². The second-order valence-electron chi connectivity index (χ2n) is 4.39. The minimum absolute atomic E-state index is 0.117. The van der Waals surface area contributed by atoms with Gasteiger partial charge >= 0.3 is 5.97 Å². The van der Waals surface area contributed by atoms with Gasteiger partial charge in [-0.3, -0.25) is 9.59 Å². The van der Waals surface area contributed by atoms with Gasteiger partial charge in [0.1, 0.15) is 11.7 Å². The molecule has 1 aliphatic carbocycles. The van der Waals surface area contributed by atoms with Crippen LogP contribution in [-0.4, -0.2) is 28.6 Å². The minimum atomic E-state index is -1.34. The summed E-state index contributed by atoms with van der Waals surface area (Å²) in [5.74, 6) is -1.09. The number of carboxylic acids is 1. The molecule has 0 amide bonds. The van der Waals surface area contributed by atoms with Gasteiger partial charge in [0.05, 0.1) is 6.10 Å². The predicted molar refractivity (Wildman–Crippen MR) is 58.9 cm³/mol. The van der Waals surface area contributed by atoms with Gasteiger partial charge in [-0.25, -0.2) is 0 Å². The Morgan fingerprint density at radius 2 is 2.25 bits per heavy atom. The molecular weight excluding hydrogens is 208 g/mol. The van der Waals surface area contributed by atoms with Gasteiger partial charge in [-0.05, 0) is 25.8 Å². The lowest BCUT2D eigenvalue weighted by atomic mass is 9.81. The van der Waals surface area contributed by atoms with Gasteiger partial charge in [0.25, 0.3) is 0 Å².